The number of nitrogens with zero attached hydrogens (tertiary/aromatic N) is 2. The number of hydrogen-bond acceptors (Lipinski definition) is 2. The van der Waals surface area contributed by atoms with Crippen LogP contribution >= 0.6 is 24.0 Å². The molecule has 0 heterocycles. The summed E-state index contributed by atoms with van der Waals surface area (Å²) in [5.74, 6) is 0.529. The fourth-order valence-electron chi connectivity index (χ4n) is 2.54. The van der Waals surface area contributed by atoms with Crippen molar-refractivity contribution < 1.29 is 0 Å². The van der Waals surface area contributed by atoms with Crippen LogP contribution in [0.1, 0.15) is 49.7 Å². The summed E-state index contributed by atoms with van der Waals surface area (Å²) in [6.07, 6.45) is 7.60. The zero-order valence-corrected chi connectivity index (χ0v) is 14.5. The predicted molar refractivity (Wildman–Crippen MR) is 96.5 cm³/mol. The van der Waals surface area contributed by atoms with Gasteiger partial charge in [-0.3, -0.25) is 0 Å². The van der Waals surface area contributed by atoms with Crippen LogP contribution in [-0.2, 0) is 6.54 Å². The van der Waals surface area contributed by atoms with Crippen LogP contribution < -0.4 is 11.1 Å². The molecule has 4 nitrogen and oxygen atoms in total. The van der Waals surface area contributed by atoms with Gasteiger partial charge in [0.1, 0.15) is 0 Å². The molecule has 2 rings (SSSR count). The van der Waals surface area contributed by atoms with Gasteiger partial charge in [-0.1, -0.05) is 37.8 Å². The first-order valence-corrected chi connectivity index (χ1v) is 7.33. The van der Waals surface area contributed by atoms with E-state index in [4.69, 9.17) is 11.0 Å². The molecule has 1 aromatic rings. The van der Waals surface area contributed by atoms with Crippen molar-refractivity contribution in [2.75, 3.05) is 0 Å². The lowest BCUT2D eigenvalue weighted by Gasteiger charge is -2.16. The van der Waals surface area contributed by atoms with Crippen molar-refractivity contribution in [1.82, 2.24) is 5.32 Å². The van der Waals surface area contributed by atoms with Crippen LogP contribution in [0.2, 0.25) is 0 Å². The summed E-state index contributed by atoms with van der Waals surface area (Å²) in [7, 11) is 0. The molecule has 0 bridgehead atoms. The topological polar surface area (TPSA) is 74.2 Å². The summed E-state index contributed by atoms with van der Waals surface area (Å²) in [6, 6.07) is 10.0. The molecule has 0 spiro atoms. The first kappa shape index (κ1) is 17.8. The minimum Gasteiger partial charge on any atom is -0.370 e. The predicted octanol–water partition coefficient (Wildman–Crippen LogP) is 3.30. The van der Waals surface area contributed by atoms with E-state index in [1.807, 2.05) is 12.1 Å². The minimum atomic E-state index is 0. The van der Waals surface area contributed by atoms with E-state index in [2.05, 4.69) is 16.4 Å². The Morgan fingerprint density at radius 1 is 1.19 bits per heavy atom. The lowest BCUT2D eigenvalue weighted by atomic mass is 10.1. The summed E-state index contributed by atoms with van der Waals surface area (Å²) >= 11 is 0. The van der Waals surface area contributed by atoms with Gasteiger partial charge in [0.15, 0.2) is 5.96 Å². The molecule has 0 saturated heterocycles. The Hall–Kier alpha value is -1.29. The van der Waals surface area contributed by atoms with Crippen LogP contribution in [0.5, 0.6) is 0 Å². The van der Waals surface area contributed by atoms with Gasteiger partial charge in [-0.05, 0) is 30.5 Å². The van der Waals surface area contributed by atoms with Gasteiger partial charge in [0, 0.05) is 6.04 Å². The van der Waals surface area contributed by atoms with E-state index >= 15 is 0 Å². The van der Waals surface area contributed by atoms with Crippen LogP contribution in [0.4, 0.5) is 0 Å². The maximum absolute atomic E-state index is 8.74. The molecule has 1 fully saturated rings. The summed E-state index contributed by atoms with van der Waals surface area (Å²) in [5.41, 5.74) is 7.68. The molecule has 21 heavy (non-hydrogen) atoms. The van der Waals surface area contributed by atoms with Crippen molar-refractivity contribution in [2.45, 2.75) is 51.1 Å². The zero-order chi connectivity index (χ0) is 14.2. The summed E-state index contributed by atoms with van der Waals surface area (Å²) in [4.78, 5) is 4.38. The molecule has 1 aliphatic rings. The lowest BCUT2D eigenvalue weighted by molar-refractivity contribution is 0.530. The Kier molecular flexibility index (Phi) is 8.13. The maximum Gasteiger partial charge on any atom is 0.189 e. The average molecular weight is 398 g/mol. The second-order valence-electron chi connectivity index (χ2n) is 5.34. The molecular weight excluding hydrogens is 375 g/mol. The molecule has 1 aliphatic carbocycles. The summed E-state index contributed by atoms with van der Waals surface area (Å²) in [5, 5.41) is 12.1. The summed E-state index contributed by atoms with van der Waals surface area (Å²) in [6.45, 7) is 0.553. The third-order valence-corrected chi connectivity index (χ3v) is 3.72. The molecule has 0 unspecified atom stereocenters. The van der Waals surface area contributed by atoms with Gasteiger partial charge in [-0.2, -0.15) is 5.26 Å². The monoisotopic (exact) mass is 398 g/mol. The molecule has 0 amide bonds. The van der Waals surface area contributed by atoms with Crippen LogP contribution in [0, 0.1) is 11.3 Å². The van der Waals surface area contributed by atoms with Crippen LogP contribution in [0.15, 0.2) is 29.3 Å². The molecule has 0 aliphatic heterocycles. The van der Waals surface area contributed by atoms with Crippen molar-refractivity contribution >= 4 is 29.9 Å². The van der Waals surface area contributed by atoms with Gasteiger partial charge in [-0.25, -0.2) is 4.99 Å². The number of nitrogens with two attached hydrogens (primary N) is 1. The van der Waals surface area contributed by atoms with E-state index in [0.29, 0.717) is 24.1 Å². The second-order valence-corrected chi connectivity index (χ2v) is 5.34. The first-order chi connectivity index (χ1) is 9.78. The zero-order valence-electron chi connectivity index (χ0n) is 12.2. The fraction of sp³-hybridized carbons (Fsp3) is 0.500. The molecule has 114 valence electrons. The molecule has 0 radical (unpaired) electrons. The number of halogens is 1. The van der Waals surface area contributed by atoms with E-state index in [-0.39, 0.29) is 24.0 Å². The molecule has 1 saturated carbocycles. The highest BCUT2D eigenvalue weighted by Gasteiger charge is 2.12. The van der Waals surface area contributed by atoms with E-state index in [1.54, 1.807) is 12.1 Å². The van der Waals surface area contributed by atoms with Crippen molar-refractivity contribution in [3.63, 3.8) is 0 Å². The van der Waals surface area contributed by atoms with Crippen molar-refractivity contribution in [3.05, 3.63) is 35.4 Å². The van der Waals surface area contributed by atoms with Gasteiger partial charge >= 0.3 is 0 Å². The van der Waals surface area contributed by atoms with Crippen molar-refractivity contribution in [3.8, 4) is 6.07 Å². The molecule has 0 aromatic heterocycles. The SMILES string of the molecule is I.N#Cc1ccc(CN=C(N)NC2CCCCCC2)cc1. The minimum absolute atomic E-state index is 0. The normalized spacial score (nSPS) is 16.4. The average Bonchev–Trinajstić information content (AvgIpc) is 2.74. The largest absolute Gasteiger partial charge is 0.370 e. The maximum atomic E-state index is 8.74. The Labute approximate surface area is 143 Å². The second kappa shape index (κ2) is 9.61. The number of nitriles is 1. The van der Waals surface area contributed by atoms with Crippen molar-refractivity contribution in [2.24, 2.45) is 10.7 Å². The highest BCUT2D eigenvalue weighted by atomic mass is 127. The summed E-state index contributed by atoms with van der Waals surface area (Å²) < 4.78 is 0. The van der Waals surface area contributed by atoms with Crippen LogP contribution in [0.25, 0.3) is 0 Å². The number of hydrogen-bond donors (Lipinski definition) is 2. The van der Waals surface area contributed by atoms with Crippen molar-refractivity contribution in [1.29, 1.82) is 5.26 Å². The first-order valence-electron chi connectivity index (χ1n) is 7.33. The van der Waals surface area contributed by atoms with E-state index in [9.17, 15) is 0 Å². The third kappa shape index (κ3) is 6.34. The standard InChI is InChI=1S/C16H22N4.HI/c17-11-13-7-9-14(10-8-13)12-19-16(18)20-15-5-3-1-2-4-6-15;/h7-10,15H,1-6,12H2,(H3,18,19,20);1H. The Balaban J connectivity index is 0.00000220. The van der Waals surface area contributed by atoms with Gasteiger partial charge in [0.2, 0.25) is 0 Å². The smallest absolute Gasteiger partial charge is 0.189 e. The molecule has 5 heteroatoms. The highest BCUT2D eigenvalue weighted by molar-refractivity contribution is 14.0. The number of aliphatic imine (C=N–C) groups is 1. The van der Waals surface area contributed by atoms with E-state index in [1.165, 1.54) is 38.5 Å². The van der Waals surface area contributed by atoms with Crippen LogP contribution in [0.3, 0.4) is 0 Å². The van der Waals surface area contributed by atoms with Gasteiger partial charge in [0.25, 0.3) is 0 Å². The molecule has 1 aromatic carbocycles. The Morgan fingerprint density at radius 2 is 1.81 bits per heavy atom. The van der Waals surface area contributed by atoms with E-state index in [0.717, 1.165) is 5.56 Å². The molecule has 3 N–H and O–H groups in total. The lowest BCUT2D eigenvalue weighted by Crippen LogP contribution is -2.39. The third-order valence-electron chi connectivity index (χ3n) is 3.72. The number of rotatable bonds is 3. The van der Waals surface area contributed by atoms with Gasteiger partial charge in [0.05, 0.1) is 18.2 Å². The molecular formula is C16H23IN4. The quantitative estimate of drug-likeness (QED) is 0.355. The highest BCUT2D eigenvalue weighted by Crippen LogP contribution is 2.16. The van der Waals surface area contributed by atoms with Gasteiger partial charge in [-0.15, -0.1) is 24.0 Å². The van der Waals surface area contributed by atoms with Gasteiger partial charge < -0.3 is 11.1 Å². The molecule has 0 atom stereocenters. The van der Waals surface area contributed by atoms with E-state index < -0.39 is 0 Å². The Morgan fingerprint density at radius 3 is 2.38 bits per heavy atom. The van der Waals surface area contributed by atoms with Crippen LogP contribution in [-0.4, -0.2) is 12.0 Å². The number of guanidine groups is 1. The number of benzene rings is 1. The Bertz CT molecular complexity index is 482. The number of nitrogens with one attached hydrogen (secondary N) is 1. The fourth-order valence-corrected chi connectivity index (χ4v) is 2.54.